The fourth-order valence-electron chi connectivity index (χ4n) is 4.98. The summed E-state index contributed by atoms with van der Waals surface area (Å²) in [7, 11) is -2.30. The molecule has 0 amide bonds. The fraction of sp³-hybridized carbons (Fsp3) is 0.833. The summed E-state index contributed by atoms with van der Waals surface area (Å²) in [6.45, 7) is 3.54. The number of fused-ring (bicyclic) bond motifs is 1. The molecule has 0 spiro atoms. The number of nitrogens with two attached hydrogens (primary N) is 1. The van der Waals surface area contributed by atoms with Gasteiger partial charge in [-0.1, -0.05) is 113 Å². The Hall–Kier alpha value is -1.78. The van der Waals surface area contributed by atoms with Crippen LogP contribution < -0.4 is 15.3 Å². The minimum Gasteiger partial charge on any atom is -0.379 e. The van der Waals surface area contributed by atoms with Crippen molar-refractivity contribution in [1.29, 1.82) is 0 Å². The molecular weight excluding hydrogens is 557 g/mol. The van der Waals surface area contributed by atoms with Crippen molar-refractivity contribution in [1.82, 2.24) is 15.0 Å². The number of H-pyrrole nitrogens is 1. The van der Waals surface area contributed by atoms with Gasteiger partial charge in [0.15, 0.2) is 11.8 Å². The van der Waals surface area contributed by atoms with Crippen LogP contribution in [0.2, 0.25) is 0 Å². The number of nitrogens with zero attached hydrogens (tertiary/aromatic N) is 3. The van der Waals surface area contributed by atoms with Crippen molar-refractivity contribution in [2.24, 2.45) is 0 Å². The molecule has 0 aliphatic rings. The van der Waals surface area contributed by atoms with Crippen LogP contribution in [-0.4, -0.2) is 59.7 Å². The number of nitrogen functional groups attached to an aromatic ring is 1. The standard InChI is InChI=1S/C30H56N5O6P/c1-3-4-5-6-7-8-9-10-11-12-13-14-15-16-17-18-21-39-23-24-41-42(36,37)26-40-22-19-20-27-34-29(31)28-30(33-25-32-28)35(27)38-2/h25H,3-24,26H2,1-2H3,(H3,31,32,33,36,37)/p+1. The van der Waals surface area contributed by atoms with Crippen molar-refractivity contribution in [2.45, 2.75) is 122 Å². The minimum atomic E-state index is -3.83. The first kappa shape index (κ1) is 36.4. The molecule has 2 heterocycles. The molecule has 1 unspecified atom stereocenters. The molecule has 2 rings (SSSR count). The van der Waals surface area contributed by atoms with Crippen LogP contribution in [0.25, 0.3) is 11.2 Å². The van der Waals surface area contributed by atoms with E-state index < -0.39 is 7.60 Å². The van der Waals surface area contributed by atoms with Gasteiger partial charge in [0.05, 0.1) is 13.2 Å². The molecule has 1 atom stereocenters. The lowest BCUT2D eigenvalue weighted by atomic mass is 10.0. The number of aryl methyl sites for hydroxylation is 1. The predicted molar refractivity (Wildman–Crippen MR) is 166 cm³/mol. The third-order valence-electron chi connectivity index (χ3n) is 7.34. The number of imidazole rings is 1. The summed E-state index contributed by atoms with van der Waals surface area (Å²) in [5, 5.41) is 0. The van der Waals surface area contributed by atoms with E-state index in [2.05, 4.69) is 21.9 Å². The van der Waals surface area contributed by atoms with Crippen molar-refractivity contribution in [3.05, 3.63) is 12.2 Å². The van der Waals surface area contributed by atoms with Gasteiger partial charge in [0, 0.05) is 19.6 Å². The Morgan fingerprint density at radius 1 is 0.833 bits per heavy atom. The molecular formula is C30H57N5O6P+. The number of anilines is 1. The molecule has 12 heteroatoms. The van der Waals surface area contributed by atoms with Crippen molar-refractivity contribution < 1.29 is 33.0 Å². The number of aromatic nitrogens is 4. The second kappa shape index (κ2) is 22.7. The van der Waals surface area contributed by atoms with E-state index in [1.807, 2.05) is 0 Å². The van der Waals surface area contributed by atoms with Crippen molar-refractivity contribution in [2.75, 3.05) is 45.6 Å². The van der Waals surface area contributed by atoms with Gasteiger partial charge in [-0.3, -0.25) is 4.57 Å². The van der Waals surface area contributed by atoms with E-state index in [9.17, 15) is 9.46 Å². The first-order valence-corrected chi connectivity index (χ1v) is 17.9. The van der Waals surface area contributed by atoms with Gasteiger partial charge in [-0.2, -0.15) is 0 Å². The van der Waals surface area contributed by atoms with Gasteiger partial charge in [-0.05, 0) is 17.6 Å². The van der Waals surface area contributed by atoms with E-state index in [4.69, 9.17) is 24.6 Å². The first-order chi connectivity index (χ1) is 20.5. The van der Waals surface area contributed by atoms with Gasteiger partial charge in [0.1, 0.15) is 13.5 Å². The maximum Gasteiger partial charge on any atom is 0.353 e. The molecule has 2 aromatic heterocycles. The number of hydrogen-bond acceptors (Lipinski definition) is 8. The van der Waals surface area contributed by atoms with Gasteiger partial charge in [0.25, 0.3) is 5.82 Å². The van der Waals surface area contributed by atoms with Gasteiger partial charge in [-0.15, -0.1) is 0 Å². The van der Waals surface area contributed by atoms with E-state index in [0.717, 1.165) is 12.8 Å². The second-order valence-electron chi connectivity index (χ2n) is 11.0. The van der Waals surface area contributed by atoms with Crippen LogP contribution in [-0.2, 0) is 25.0 Å². The molecule has 2 aromatic rings. The Balaban J connectivity index is 1.36. The normalized spacial score (nSPS) is 13.1. The van der Waals surface area contributed by atoms with Crippen LogP contribution in [0.5, 0.6) is 0 Å². The molecule has 0 saturated carbocycles. The Morgan fingerprint density at radius 2 is 1.40 bits per heavy atom. The zero-order valence-electron chi connectivity index (χ0n) is 26.2. The Labute approximate surface area is 252 Å². The molecule has 0 radical (unpaired) electrons. The topological polar surface area (TPSA) is 146 Å². The van der Waals surface area contributed by atoms with E-state index in [-0.39, 0.29) is 19.6 Å². The third kappa shape index (κ3) is 15.6. The monoisotopic (exact) mass is 614 g/mol. The van der Waals surface area contributed by atoms with E-state index in [1.165, 1.54) is 108 Å². The third-order valence-corrected chi connectivity index (χ3v) is 8.44. The zero-order valence-corrected chi connectivity index (χ0v) is 27.1. The van der Waals surface area contributed by atoms with Crippen LogP contribution in [0.3, 0.4) is 0 Å². The Morgan fingerprint density at radius 3 is 2.00 bits per heavy atom. The Kier molecular flexibility index (Phi) is 19.7. The zero-order chi connectivity index (χ0) is 30.3. The summed E-state index contributed by atoms with van der Waals surface area (Å²) in [5.74, 6) is 0.917. The highest BCUT2D eigenvalue weighted by Crippen LogP contribution is 2.41. The van der Waals surface area contributed by atoms with Crippen molar-refractivity contribution in [3.8, 4) is 0 Å². The number of unbranched alkanes of at least 4 members (excludes halogenated alkanes) is 15. The molecule has 242 valence electrons. The first-order valence-electron chi connectivity index (χ1n) is 16.2. The maximum atomic E-state index is 12.2. The number of rotatable bonds is 28. The summed E-state index contributed by atoms with van der Waals surface area (Å²) < 4.78 is 29.7. The molecule has 42 heavy (non-hydrogen) atoms. The molecule has 0 aromatic carbocycles. The molecule has 0 aliphatic carbocycles. The highest BCUT2D eigenvalue weighted by molar-refractivity contribution is 7.52. The summed E-state index contributed by atoms with van der Waals surface area (Å²) in [4.78, 5) is 26.8. The van der Waals surface area contributed by atoms with Crippen molar-refractivity contribution in [3.63, 3.8) is 0 Å². The molecule has 11 nitrogen and oxygen atoms in total. The molecule has 0 fully saturated rings. The van der Waals surface area contributed by atoms with Gasteiger partial charge < -0.3 is 34.4 Å². The van der Waals surface area contributed by atoms with Crippen LogP contribution >= 0.6 is 7.60 Å². The molecule has 0 bridgehead atoms. The van der Waals surface area contributed by atoms with Crippen LogP contribution in [0.1, 0.15) is 122 Å². The van der Waals surface area contributed by atoms with E-state index >= 15 is 0 Å². The summed E-state index contributed by atoms with van der Waals surface area (Å²) in [5.41, 5.74) is 7.13. The summed E-state index contributed by atoms with van der Waals surface area (Å²) >= 11 is 0. The van der Waals surface area contributed by atoms with Crippen LogP contribution in [0.15, 0.2) is 6.33 Å². The fourth-order valence-corrected chi connectivity index (χ4v) is 5.78. The number of hydrogen-bond donors (Lipinski definition) is 3. The highest BCUT2D eigenvalue weighted by Gasteiger charge is 2.23. The van der Waals surface area contributed by atoms with Crippen molar-refractivity contribution >= 4 is 24.6 Å². The summed E-state index contributed by atoms with van der Waals surface area (Å²) in [6, 6.07) is 0. The number of nitrogens with one attached hydrogen (secondary N) is 1. The average molecular weight is 615 g/mol. The lowest BCUT2D eigenvalue weighted by molar-refractivity contribution is -0.873. The summed E-state index contributed by atoms with van der Waals surface area (Å²) in [6.07, 6.45) is 23.6. The second-order valence-corrected chi connectivity index (χ2v) is 12.8. The van der Waals surface area contributed by atoms with Gasteiger partial charge >= 0.3 is 13.2 Å². The highest BCUT2D eigenvalue weighted by atomic mass is 31.2. The maximum absolute atomic E-state index is 12.2. The number of ether oxygens (including phenoxy) is 2. The average Bonchev–Trinajstić information content (AvgIpc) is 3.47. The SMILES string of the molecule is CCCCCCCCCCCCCCCCCCOCCOP(=O)(O)COCCCc1nc(N)c2[nH]cnc2[n+]1OC. The predicted octanol–water partition coefficient (Wildman–Crippen LogP) is 6.27. The smallest absolute Gasteiger partial charge is 0.353 e. The quantitative estimate of drug-likeness (QED) is 0.0573. The van der Waals surface area contributed by atoms with Crippen LogP contribution in [0.4, 0.5) is 5.82 Å². The van der Waals surface area contributed by atoms with Crippen LogP contribution in [0, 0.1) is 0 Å². The minimum absolute atomic E-state index is 0.0662. The largest absolute Gasteiger partial charge is 0.379 e. The lowest BCUT2D eigenvalue weighted by Gasteiger charge is -2.12. The Bertz CT molecular complexity index is 1010. The van der Waals surface area contributed by atoms with Gasteiger partial charge in [0.2, 0.25) is 5.82 Å². The van der Waals surface area contributed by atoms with E-state index in [1.54, 1.807) is 0 Å². The number of aromatic amines is 1. The van der Waals surface area contributed by atoms with E-state index in [0.29, 0.717) is 48.9 Å². The molecule has 4 N–H and O–H groups in total. The molecule has 0 aliphatic heterocycles. The lowest BCUT2D eigenvalue weighted by Crippen LogP contribution is -2.46. The molecule has 0 saturated heterocycles. The van der Waals surface area contributed by atoms with Gasteiger partial charge in [-0.25, -0.2) is 0 Å².